The Bertz CT molecular complexity index is 634. The quantitative estimate of drug-likeness (QED) is 0.550. The van der Waals surface area contributed by atoms with Crippen LogP contribution in [0.2, 0.25) is 0 Å². The number of ether oxygens (including phenoxy) is 1. The fourth-order valence-corrected chi connectivity index (χ4v) is 4.52. The summed E-state index contributed by atoms with van der Waals surface area (Å²) in [6, 6.07) is 0.737. The number of esters is 1. The van der Waals surface area contributed by atoms with Gasteiger partial charge in [0, 0.05) is 36.1 Å². The van der Waals surface area contributed by atoms with Crippen LogP contribution in [-0.4, -0.2) is 35.1 Å². The van der Waals surface area contributed by atoms with Gasteiger partial charge >= 0.3 is 5.97 Å². The highest BCUT2D eigenvalue weighted by molar-refractivity contribution is 5.90. The Labute approximate surface area is 132 Å². The van der Waals surface area contributed by atoms with Crippen LogP contribution in [-0.2, 0) is 9.53 Å². The number of fused-ring (bicyclic) bond motifs is 3. The van der Waals surface area contributed by atoms with E-state index >= 15 is 0 Å². The molecule has 4 rings (SSSR count). The van der Waals surface area contributed by atoms with E-state index in [4.69, 9.17) is 4.74 Å². The van der Waals surface area contributed by atoms with Crippen LogP contribution in [0.5, 0.6) is 0 Å². The molecule has 2 saturated heterocycles. The monoisotopic (exact) mass is 297 g/mol. The Morgan fingerprint density at radius 3 is 3.14 bits per heavy atom. The van der Waals surface area contributed by atoms with Gasteiger partial charge in [-0.25, -0.2) is 4.79 Å². The average Bonchev–Trinajstić information content (AvgIpc) is 2.96. The Morgan fingerprint density at radius 2 is 2.32 bits per heavy atom. The minimum atomic E-state index is -0.404. The Hall–Kier alpha value is -1.53. The molecule has 0 N–H and O–H groups in total. The van der Waals surface area contributed by atoms with Crippen molar-refractivity contribution in [2.24, 2.45) is 5.92 Å². The average molecular weight is 297 g/mol. The Morgan fingerprint density at radius 1 is 1.45 bits per heavy atom. The van der Waals surface area contributed by atoms with Gasteiger partial charge in [-0.05, 0) is 25.3 Å². The van der Waals surface area contributed by atoms with Gasteiger partial charge in [-0.3, -0.25) is 4.90 Å². The van der Waals surface area contributed by atoms with Crippen LogP contribution in [0.4, 0.5) is 0 Å². The van der Waals surface area contributed by atoms with Crippen molar-refractivity contribution in [3.63, 3.8) is 0 Å². The molecule has 3 nitrogen and oxygen atoms in total. The normalized spacial score (nSPS) is 36.0. The first kappa shape index (κ1) is 14.1. The lowest BCUT2D eigenvalue weighted by Crippen LogP contribution is -2.48. The summed E-state index contributed by atoms with van der Waals surface area (Å²) in [6.07, 6.45) is 9.40. The highest BCUT2D eigenvalue weighted by Crippen LogP contribution is 2.53. The summed E-state index contributed by atoms with van der Waals surface area (Å²) in [4.78, 5) is 14.6. The van der Waals surface area contributed by atoms with E-state index in [0.717, 1.165) is 37.0 Å². The third kappa shape index (κ3) is 1.97. The van der Waals surface area contributed by atoms with E-state index in [0.29, 0.717) is 18.0 Å². The van der Waals surface area contributed by atoms with Crippen LogP contribution >= 0.6 is 0 Å². The van der Waals surface area contributed by atoms with Crippen molar-refractivity contribution in [2.75, 3.05) is 6.54 Å². The topological polar surface area (TPSA) is 29.5 Å². The molecule has 0 saturated carbocycles. The van der Waals surface area contributed by atoms with Crippen LogP contribution in [0.3, 0.4) is 0 Å². The van der Waals surface area contributed by atoms with Gasteiger partial charge in [0.1, 0.15) is 0 Å². The molecule has 3 aliphatic heterocycles. The van der Waals surface area contributed by atoms with E-state index in [1.807, 2.05) is 0 Å². The molecule has 3 heterocycles. The maximum Gasteiger partial charge on any atom is 0.332 e. The standard InChI is InChI=1S/C19H23NO2/c1-13(2)6-5-7-14-10-15-12-19(16(14)11-18(21)22-19)17-8-3-4-9-20(15)17/h10-11,13,15,17H,3-4,6,8-9,12H2,1-2H3/t15-,17?,19+/m1/s1. The van der Waals surface area contributed by atoms with Crippen molar-refractivity contribution in [1.82, 2.24) is 4.90 Å². The van der Waals surface area contributed by atoms with Crippen LogP contribution in [0.15, 0.2) is 23.3 Å². The summed E-state index contributed by atoms with van der Waals surface area (Å²) in [5, 5.41) is 0. The zero-order valence-electron chi connectivity index (χ0n) is 13.4. The SMILES string of the molecule is CC(C)CC#CC1=C[C@@H]2C[C@@]3(OC(=O)C=C13)C1CCCCN12. The summed E-state index contributed by atoms with van der Waals surface area (Å²) in [5.74, 6) is 7.01. The molecule has 0 aromatic rings. The molecule has 2 fully saturated rings. The molecule has 22 heavy (non-hydrogen) atoms. The number of hydrogen-bond donors (Lipinski definition) is 0. The number of carbonyl (C=O) groups is 1. The predicted molar refractivity (Wildman–Crippen MR) is 85.0 cm³/mol. The molecule has 0 amide bonds. The molecular weight excluding hydrogens is 274 g/mol. The second-order valence-corrected chi connectivity index (χ2v) is 7.37. The largest absolute Gasteiger partial charge is 0.449 e. The second-order valence-electron chi connectivity index (χ2n) is 7.37. The van der Waals surface area contributed by atoms with E-state index in [1.54, 1.807) is 6.08 Å². The maximum absolute atomic E-state index is 12.0. The fraction of sp³-hybridized carbons (Fsp3) is 0.632. The molecule has 3 heteroatoms. The van der Waals surface area contributed by atoms with E-state index in [2.05, 4.69) is 36.7 Å². The summed E-state index contributed by atoms with van der Waals surface area (Å²) in [5.41, 5.74) is 1.69. The predicted octanol–water partition coefficient (Wildman–Crippen LogP) is 2.82. The van der Waals surface area contributed by atoms with Crippen molar-refractivity contribution in [1.29, 1.82) is 0 Å². The number of rotatable bonds is 1. The lowest BCUT2D eigenvalue weighted by Gasteiger charge is -2.38. The minimum Gasteiger partial charge on any atom is -0.449 e. The third-order valence-electron chi connectivity index (χ3n) is 5.40. The highest BCUT2D eigenvalue weighted by Gasteiger charge is 2.61. The number of carbonyl (C=O) groups excluding carboxylic acids is 1. The molecule has 1 aliphatic carbocycles. The van der Waals surface area contributed by atoms with Gasteiger partial charge in [0.2, 0.25) is 0 Å². The van der Waals surface area contributed by atoms with Crippen LogP contribution < -0.4 is 0 Å². The Kier molecular flexibility index (Phi) is 3.20. The van der Waals surface area contributed by atoms with Gasteiger partial charge < -0.3 is 4.74 Å². The van der Waals surface area contributed by atoms with Crippen LogP contribution in [0, 0.1) is 17.8 Å². The molecule has 0 radical (unpaired) electrons. The van der Waals surface area contributed by atoms with E-state index in [1.165, 1.54) is 12.8 Å². The van der Waals surface area contributed by atoms with E-state index in [-0.39, 0.29) is 5.97 Å². The smallest absolute Gasteiger partial charge is 0.332 e. The van der Waals surface area contributed by atoms with Gasteiger partial charge in [0.05, 0.1) is 6.04 Å². The van der Waals surface area contributed by atoms with Crippen molar-refractivity contribution < 1.29 is 9.53 Å². The summed E-state index contributed by atoms with van der Waals surface area (Å²) >= 11 is 0. The van der Waals surface area contributed by atoms with Gasteiger partial charge in [0.15, 0.2) is 5.60 Å². The first-order valence-corrected chi connectivity index (χ1v) is 8.52. The highest BCUT2D eigenvalue weighted by atomic mass is 16.6. The zero-order chi connectivity index (χ0) is 15.3. The third-order valence-corrected chi connectivity index (χ3v) is 5.40. The number of piperidine rings is 1. The second kappa shape index (κ2) is 4.99. The van der Waals surface area contributed by atoms with Crippen molar-refractivity contribution >= 4 is 5.97 Å². The lowest BCUT2D eigenvalue weighted by molar-refractivity contribution is -0.148. The van der Waals surface area contributed by atoms with Crippen molar-refractivity contribution in [2.45, 2.75) is 63.6 Å². The van der Waals surface area contributed by atoms with Gasteiger partial charge in [0.25, 0.3) is 0 Å². The molecule has 0 aromatic heterocycles. The number of hydrogen-bond acceptors (Lipinski definition) is 3. The fourth-order valence-electron chi connectivity index (χ4n) is 4.52. The summed E-state index contributed by atoms with van der Waals surface area (Å²) < 4.78 is 5.89. The molecule has 4 aliphatic rings. The van der Waals surface area contributed by atoms with Gasteiger partial charge in [-0.2, -0.15) is 0 Å². The van der Waals surface area contributed by atoms with E-state index < -0.39 is 5.60 Å². The Balaban J connectivity index is 1.73. The molecule has 3 atom stereocenters. The summed E-state index contributed by atoms with van der Waals surface area (Å²) in [6.45, 7) is 5.47. The van der Waals surface area contributed by atoms with Crippen molar-refractivity contribution in [3.05, 3.63) is 23.3 Å². The van der Waals surface area contributed by atoms with Crippen LogP contribution in [0.25, 0.3) is 0 Å². The van der Waals surface area contributed by atoms with Gasteiger partial charge in [-0.1, -0.05) is 38.2 Å². The van der Waals surface area contributed by atoms with Crippen LogP contribution in [0.1, 0.15) is 46.0 Å². The first-order valence-electron chi connectivity index (χ1n) is 8.52. The minimum absolute atomic E-state index is 0.181. The summed E-state index contributed by atoms with van der Waals surface area (Å²) in [7, 11) is 0. The van der Waals surface area contributed by atoms with Gasteiger partial charge in [-0.15, -0.1) is 0 Å². The maximum atomic E-state index is 12.0. The molecule has 1 unspecified atom stereocenters. The molecule has 116 valence electrons. The molecule has 1 spiro atoms. The first-order chi connectivity index (χ1) is 10.6. The van der Waals surface area contributed by atoms with E-state index in [9.17, 15) is 4.79 Å². The molecule has 2 bridgehead atoms. The lowest BCUT2D eigenvalue weighted by atomic mass is 9.77. The number of nitrogens with zero attached hydrogens (tertiary/aromatic N) is 1. The molecule has 0 aromatic carbocycles. The van der Waals surface area contributed by atoms with Crippen molar-refractivity contribution in [3.8, 4) is 11.8 Å². The molecular formula is C19H23NO2. The zero-order valence-corrected chi connectivity index (χ0v) is 13.4.